The van der Waals surface area contributed by atoms with Crippen molar-refractivity contribution < 1.29 is 9.59 Å². The Labute approximate surface area is 101 Å². The molecule has 0 spiro atoms. The Morgan fingerprint density at radius 2 is 2.29 bits per heavy atom. The van der Waals surface area contributed by atoms with E-state index in [4.69, 9.17) is 5.26 Å². The van der Waals surface area contributed by atoms with Gasteiger partial charge in [-0.15, -0.1) is 0 Å². The van der Waals surface area contributed by atoms with Crippen molar-refractivity contribution in [3.63, 3.8) is 0 Å². The Bertz CT molecular complexity index is 447. The molecule has 2 aliphatic rings. The molecule has 1 fully saturated rings. The Morgan fingerprint density at radius 3 is 2.88 bits per heavy atom. The molecule has 90 valence electrons. The van der Waals surface area contributed by atoms with Crippen molar-refractivity contribution in [3.05, 3.63) is 11.6 Å². The van der Waals surface area contributed by atoms with Gasteiger partial charge in [-0.1, -0.05) is 13.8 Å². The number of Topliss-reactive ketones (excluding diaryl/α,β-unsaturated/α-hetero) is 1. The van der Waals surface area contributed by atoms with Gasteiger partial charge in [-0.3, -0.25) is 9.59 Å². The number of hydrogen-bond donors (Lipinski definition) is 1. The van der Waals surface area contributed by atoms with Crippen LogP contribution >= 0.6 is 0 Å². The lowest BCUT2D eigenvalue weighted by molar-refractivity contribution is -0.138. The highest BCUT2D eigenvalue weighted by molar-refractivity contribution is 6.04. The summed E-state index contributed by atoms with van der Waals surface area (Å²) >= 11 is 0. The van der Waals surface area contributed by atoms with E-state index in [1.807, 2.05) is 19.9 Å². The number of nitrogens with zero attached hydrogens (tertiary/aromatic N) is 1. The average molecular weight is 232 g/mol. The zero-order valence-electron chi connectivity index (χ0n) is 10.1. The summed E-state index contributed by atoms with van der Waals surface area (Å²) in [5.74, 6) is -0.355. The van der Waals surface area contributed by atoms with Gasteiger partial charge in [0.1, 0.15) is 6.07 Å². The van der Waals surface area contributed by atoms with Gasteiger partial charge in [-0.2, -0.15) is 5.26 Å². The van der Waals surface area contributed by atoms with Crippen molar-refractivity contribution in [1.29, 1.82) is 5.26 Å². The molecule has 2 rings (SSSR count). The molecule has 0 saturated carbocycles. The van der Waals surface area contributed by atoms with Gasteiger partial charge in [0.2, 0.25) is 5.91 Å². The van der Waals surface area contributed by atoms with Gasteiger partial charge >= 0.3 is 0 Å². The molecule has 0 aromatic rings. The monoisotopic (exact) mass is 232 g/mol. The summed E-state index contributed by atoms with van der Waals surface area (Å²) in [6, 6.07) is 1.93. The smallest absolute Gasteiger partial charge is 0.230 e. The first-order valence-corrected chi connectivity index (χ1v) is 6.02. The third-order valence-electron chi connectivity index (χ3n) is 4.22. The molecule has 1 saturated heterocycles. The lowest BCUT2D eigenvalue weighted by Crippen LogP contribution is -2.55. The largest absolute Gasteiger partial charge is 0.355 e. The SMILES string of the molecule is CC[C@@]12C=C(C#N)C(=O)[C@H](C)[C@H]1CCNC2=O. The molecule has 17 heavy (non-hydrogen) atoms. The van der Waals surface area contributed by atoms with Gasteiger partial charge in [-0.05, 0) is 24.8 Å². The molecule has 1 aliphatic carbocycles. The van der Waals surface area contributed by atoms with E-state index in [9.17, 15) is 9.59 Å². The Balaban J connectivity index is 2.57. The number of nitriles is 1. The Hall–Kier alpha value is -1.63. The van der Waals surface area contributed by atoms with Crippen LogP contribution in [-0.2, 0) is 9.59 Å². The van der Waals surface area contributed by atoms with Crippen molar-refractivity contribution in [2.75, 3.05) is 6.54 Å². The molecule has 1 heterocycles. The number of rotatable bonds is 1. The summed E-state index contributed by atoms with van der Waals surface area (Å²) < 4.78 is 0. The lowest BCUT2D eigenvalue weighted by Gasteiger charge is -2.45. The molecule has 0 radical (unpaired) electrons. The fraction of sp³-hybridized carbons (Fsp3) is 0.615. The minimum Gasteiger partial charge on any atom is -0.355 e. The fourth-order valence-corrected chi connectivity index (χ4v) is 3.17. The van der Waals surface area contributed by atoms with Crippen molar-refractivity contribution >= 4 is 11.7 Å². The molecule has 4 nitrogen and oxygen atoms in total. The summed E-state index contributed by atoms with van der Waals surface area (Å²) in [6.45, 7) is 4.39. The molecule has 0 bridgehead atoms. The van der Waals surface area contributed by atoms with Crippen LogP contribution in [0, 0.1) is 28.6 Å². The first kappa shape index (κ1) is 11.8. The van der Waals surface area contributed by atoms with E-state index in [-0.39, 0.29) is 29.1 Å². The van der Waals surface area contributed by atoms with Gasteiger partial charge in [-0.25, -0.2) is 0 Å². The second-order valence-electron chi connectivity index (χ2n) is 4.87. The molecule has 0 unspecified atom stereocenters. The van der Waals surface area contributed by atoms with Crippen LogP contribution < -0.4 is 5.32 Å². The molecular weight excluding hydrogens is 216 g/mol. The molecule has 1 aliphatic heterocycles. The zero-order valence-corrected chi connectivity index (χ0v) is 10.1. The number of nitrogens with one attached hydrogen (secondary N) is 1. The van der Waals surface area contributed by atoms with Gasteiger partial charge < -0.3 is 5.32 Å². The summed E-state index contributed by atoms with van der Waals surface area (Å²) in [7, 11) is 0. The van der Waals surface area contributed by atoms with Crippen LogP contribution in [0.3, 0.4) is 0 Å². The van der Waals surface area contributed by atoms with Crippen molar-refractivity contribution in [3.8, 4) is 6.07 Å². The van der Waals surface area contributed by atoms with E-state index < -0.39 is 5.41 Å². The number of carbonyl (C=O) groups excluding carboxylic acids is 2. The summed E-state index contributed by atoms with van der Waals surface area (Å²) in [5.41, 5.74) is -0.510. The van der Waals surface area contributed by atoms with Crippen molar-refractivity contribution in [2.45, 2.75) is 26.7 Å². The van der Waals surface area contributed by atoms with Crippen molar-refractivity contribution in [1.82, 2.24) is 5.32 Å². The number of allylic oxidation sites excluding steroid dienone is 1. The quantitative estimate of drug-likeness (QED) is 0.738. The Morgan fingerprint density at radius 1 is 1.59 bits per heavy atom. The first-order chi connectivity index (χ1) is 8.06. The minimum atomic E-state index is -0.656. The summed E-state index contributed by atoms with van der Waals surface area (Å²) in [5, 5.41) is 11.8. The van der Waals surface area contributed by atoms with Crippen LogP contribution in [-0.4, -0.2) is 18.2 Å². The van der Waals surface area contributed by atoms with E-state index in [0.29, 0.717) is 13.0 Å². The van der Waals surface area contributed by atoms with E-state index in [1.165, 1.54) is 0 Å². The second kappa shape index (κ2) is 3.99. The van der Waals surface area contributed by atoms with Crippen molar-refractivity contribution in [2.24, 2.45) is 17.3 Å². The molecule has 1 amide bonds. The van der Waals surface area contributed by atoms with E-state index >= 15 is 0 Å². The normalized spacial score (nSPS) is 36.6. The van der Waals surface area contributed by atoms with Gasteiger partial charge in [0.25, 0.3) is 0 Å². The van der Waals surface area contributed by atoms with Crippen LogP contribution in [0.4, 0.5) is 0 Å². The maximum Gasteiger partial charge on any atom is 0.230 e. The molecule has 3 atom stereocenters. The fourth-order valence-electron chi connectivity index (χ4n) is 3.17. The van der Waals surface area contributed by atoms with Gasteiger partial charge in [0.05, 0.1) is 11.0 Å². The van der Waals surface area contributed by atoms with Crippen LogP contribution in [0.5, 0.6) is 0 Å². The molecular formula is C13H16N2O2. The highest BCUT2D eigenvalue weighted by atomic mass is 16.2. The molecule has 4 heteroatoms. The number of ketones is 1. The number of hydrogen-bond acceptors (Lipinski definition) is 3. The second-order valence-corrected chi connectivity index (χ2v) is 4.87. The number of amides is 1. The van der Waals surface area contributed by atoms with Gasteiger partial charge in [0.15, 0.2) is 5.78 Å². The van der Waals surface area contributed by atoms with Gasteiger partial charge in [0, 0.05) is 12.5 Å². The summed E-state index contributed by atoms with van der Waals surface area (Å²) in [6.07, 6.45) is 3.04. The topological polar surface area (TPSA) is 70.0 Å². The number of piperidine rings is 1. The average Bonchev–Trinajstić information content (AvgIpc) is 2.35. The highest BCUT2D eigenvalue weighted by Gasteiger charge is 2.52. The minimum absolute atomic E-state index is 0.0332. The van der Waals surface area contributed by atoms with E-state index in [2.05, 4.69) is 5.32 Å². The molecule has 0 aromatic heterocycles. The standard InChI is InChI=1S/C13H16N2O2/c1-3-13-6-9(7-14)11(16)8(2)10(13)4-5-15-12(13)17/h6,8,10H,3-5H2,1-2H3,(H,15,17)/t8-,10-,13-/m1/s1. The maximum absolute atomic E-state index is 12.1. The third-order valence-corrected chi connectivity index (χ3v) is 4.22. The zero-order chi connectivity index (χ0) is 12.6. The highest BCUT2D eigenvalue weighted by Crippen LogP contribution is 2.47. The number of carbonyl (C=O) groups is 2. The molecule has 0 aromatic carbocycles. The van der Waals surface area contributed by atoms with Crippen LogP contribution in [0.25, 0.3) is 0 Å². The Kier molecular flexibility index (Phi) is 2.78. The predicted molar refractivity (Wildman–Crippen MR) is 61.7 cm³/mol. The van der Waals surface area contributed by atoms with Crippen LogP contribution in [0.2, 0.25) is 0 Å². The number of fused-ring (bicyclic) bond motifs is 1. The third kappa shape index (κ3) is 1.49. The molecule has 1 N–H and O–H groups in total. The van der Waals surface area contributed by atoms with E-state index in [1.54, 1.807) is 6.08 Å². The van der Waals surface area contributed by atoms with Crippen LogP contribution in [0.1, 0.15) is 26.7 Å². The maximum atomic E-state index is 12.1. The first-order valence-electron chi connectivity index (χ1n) is 6.02. The van der Waals surface area contributed by atoms with Crippen LogP contribution in [0.15, 0.2) is 11.6 Å². The lowest BCUT2D eigenvalue weighted by atomic mass is 9.59. The van der Waals surface area contributed by atoms with E-state index in [0.717, 1.165) is 6.42 Å². The summed E-state index contributed by atoms with van der Waals surface area (Å²) in [4.78, 5) is 24.1. The predicted octanol–water partition coefficient (Wildman–Crippen LogP) is 1.19.